The highest BCUT2D eigenvalue weighted by atomic mass is 35.5. The molecule has 0 aliphatic carbocycles. The number of amides is 2. The number of halogens is 2. The molecule has 0 saturated carbocycles. The Morgan fingerprint density at radius 3 is 2.60 bits per heavy atom. The molecular formula is C14H12ClFN2O2. The topological polar surface area (TPSA) is 50.4 Å². The zero-order valence-electron chi connectivity index (χ0n) is 10.6. The van der Waals surface area contributed by atoms with Crippen LogP contribution in [0.1, 0.15) is 0 Å². The van der Waals surface area contributed by atoms with Crippen molar-refractivity contribution in [1.82, 2.24) is 0 Å². The van der Waals surface area contributed by atoms with E-state index in [1.807, 2.05) is 0 Å². The lowest BCUT2D eigenvalue weighted by Crippen LogP contribution is -2.19. The van der Waals surface area contributed by atoms with E-state index in [1.165, 1.54) is 25.3 Å². The summed E-state index contributed by atoms with van der Waals surface area (Å²) in [5.74, 6) is -0.175. The van der Waals surface area contributed by atoms with Gasteiger partial charge in [0.05, 0.1) is 7.11 Å². The first-order chi connectivity index (χ1) is 9.56. The van der Waals surface area contributed by atoms with Gasteiger partial charge in [0.1, 0.15) is 11.6 Å². The third-order valence-corrected chi connectivity index (χ3v) is 2.68. The summed E-state index contributed by atoms with van der Waals surface area (Å²) in [5.41, 5.74) is 0.833. The van der Waals surface area contributed by atoms with Crippen LogP contribution in [0.3, 0.4) is 0 Å². The minimum absolute atomic E-state index is 0.293. The molecule has 20 heavy (non-hydrogen) atoms. The highest BCUT2D eigenvalue weighted by Crippen LogP contribution is 2.20. The van der Waals surface area contributed by atoms with Gasteiger partial charge >= 0.3 is 6.03 Å². The lowest BCUT2D eigenvalue weighted by atomic mass is 10.3. The van der Waals surface area contributed by atoms with Crippen molar-refractivity contribution in [3.8, 4) is 5.75 Å². The van der Waals surface area contributed by atoms with Gasteiger partial charge in [0, 0.05) is 28.5 Å². The highest BCUT2D eigenvalue weighted by molar-refractivity contribution is 6.30. The van der Waals surface area contributed by atoms with E-state index in [0.29, 0.717) is 22.1 Å². The molecule has 2 rings (SSSR count). The Labute approximate surface area is 120 Å². The summed E-state index contributed by atoms with van der Waals surface area (Å²) in [5, 5.41) is 5.61. The molecule has 0 radical (unpaired) electrons. The normalized spacial score (nSPS) is 9.95. The first kappa shape index (κ1) is 14.1. The van der Waals surface area contributed by atoms with Crippen LogP contribution >= 0.6 is 11.6 Å². The van der Waals surface area contributed by atoms with Crippen LogP contribution in [0.4, 0.5) is 20.6 Å². The van der Waals surface area contributed by atoms with Gasteiger partial charge in [-0.2, -0.15) is 0 Å². The second-order valence-corrected chi connectivity index (χ2v) is 4.41. The molecule has 0 unspecified atom stereocenters. The summed E-state index contributed by atoms with van der Waals surface area (Å²) in [7, 11) is 1.42. The first-order valence-electron chi connectivity index (χ1n) is 5.75. The summed E-state index contributed by atoms with van der Waals surface area (Å²) >= 11 is 5.81. The van der Waals surface area contributed by atoms with Crippen LogP contribution in [0, 0.1) is 5.82 Å². The SMILES string of the molecule is COc1cc(F)cc(NC(=O)Nc2cccc(Cl)c2)c1. The van der Waals surface area contributed by atoms with Crippen LogP contribution in [0.15, 0.2) is 42.5 Å². The van der Waals surface area contributed by atoms with Crippen LogP contribution in [0.5, 0.6) is 5.75 Å². The van der Waals surface area contributed by atoms with Crippen molar-refractivity contribution < 1.29 is 13.9 Å². The minimum atomic E-state index is -0.500. The Hall–Kier alpha value is -2.27. The van der Waals surface area contributed by atoms with Crippen molar-refractivity contribution in [2.45, 2.75) is 0 Å². The molecule has 104 valence electrons. The van der Waals surface area contributed by atoms with Gasteiger partial charge in [0.2, 0.25) is 0 Å². The molecule has 0 spiro atoms. The fourth-order valence-corrected chi connectivity index (χ4v) is 1.80. The summed E-state index contributed by atoms with van der Waals surface area (Å²) in [6.45, 7) is 0. The number of urea groups is 1. The van der Waals surface area contributed by atoms with Crippen molar-refractivity contribution in [2.24, 2.45) is 0 Å². The number of ether oxygens (including phenoxy) is 1. The van der Waals surface area contributed by atoms with Gasteiger partial charge in [-0.3, -0.25) is 0 Å². The van der Waals surface area contributed by atoms with E-state index in [1.54, 1.807) is 24.3 Å². The first-order valence-corrected chi connectivity index (χ1v) is 6.13. The van der Waals surface area contributed by atoms with Gasteiger partial charge in [0.15, 0.2) is 0 Å². The van der Waals surface area contributed by atoms with E-state index >= 15 is 0 Å². The molecule has 0 atom stereocenters. The standard InChI is InChI=1S/C14H12ClFN2O2/c1-20-13-7-10(16)6-12(8-13)18-14(19)17-11-4-2-3-9(15)5-11/h2-8H,1H3,(H2,17,18,19). The van der Waals surface area contributed by atoms with Crippen molar-refractivity contribution in [3.05, 3.63) is 53.3 Å². The van der Waals surface area contributed by atoms with E-state index in [4.69, 9.17) is 16.3 Å². The Morgan fingerprint density at radius 2 is 1.90 bits per heavy atom. The van der Waals surface area contributed by atoms with Gasteiger partial charge in [-0.05, 0) is 24.3 Å². The van der Waals surface area contributed by atoms with Crippen LogP contribution in [0.2, 0.25) is 5.02 Å². The van der Waals surface area contributed by atoms with Gasteiger partial charge in [0.25, 0.3) is 0 Å². The summed E-state index contributed by atoms with van der Waals surface area (Å²) < 4.78 is 18.2. The van der Waals surface area contributed by atoms with Gasteiger partial charge in [-0.1, -0.05) is 17.7 Å². The summed E-state index contributed by atoms with van der Waals surface area (Å²) in [6, 6.07) is 10.1. The van der Waals surface area contributed by atoms with E-state index in [9.17, 15) is 9.18 Å². The fraction of sp³-hybridized carbons (Fsp3) is 0.0714. The Bertz CT molecular complexity index is 634. The molecule has 0 fully saturated rings. The Morgan fingerprint density at radius 1 is 1.15 bits per heavy atom. The Kier molecular flexibility index (Phi) is 4.42. The van der Waals surface area contributed by atoms with E-state index in [0.717, 1.165) is 0 Å². The smallest absolute Gasteiger partial charge is 0.323 e. The molecule has 4 nitrogen and oxygen atoms in total. The number of benzene rings is 2. The molecule has 0 heterocycles. The number of nitrogens with one attached hydrogen (secondary N) is 2. The molecule has 0 aliphatic heterocycles. The van der Waals surface area contributed by atoms with Gasteiger partial charge < -0.3 is 15.4 Å². The number of anilines is 2. The Balaban J connectivity index is 2.06. The molecule has 2 aromatic carbocycles. The van der Waals surface area contributed by atoms with E-state index < -0.39 is 11.8 Å². The van der Waals surface area contributed by atoms with Gasteiger partial charge in [-0.25, -0.2) is 9.18 Å². The second kappa shape index (κ2) is 6.25. The lowest BCUT2D eigenvalue weighted by Gasteiger charge is -2.09. The molecule has 2 aromatic rings. The number of hydrogen-bond donors (Lipinski definition) is 2. The third-order valence-electron chi connectivity index (χ3n) is 2.45. The zero-order valence-corrected chi connectivity index (χ0v) is 11.4. The molecule has 0 aromatic heterocycles. The predicted molar refractivity (Wildman–Crippen MR) is 77.0 cm³/mol. The molecular weight excluding hydrogens is 283 g/mol. The van der Waals surface area contributed by atoms with E-state index in [2.05, 4.69) is 10.6 Å². The monoisotopic (exact) mass is 294 g/mol. The largest absolute Gasteiger partial charge is 0.497 e. The number of rotatable bonds is 3. The predicted octanol–water partition coefficient (Wildman–Crippen LogP) is 4.13. The molecule has 0 bridgehead atoms. The summed E-state index contributed by atoms with van der Waals surface area (Å²) in [6.07, 6.45) is 0. The van der Waals surface area contributed by atoms with Gasteiger partial charge in [-0.15, -0.1) is 0 Å². The maximum Gasteiger partial charge on any atom is 0.323 e. The number of carbonyl (C=O) groups is 1. The average molecular weight is 295 g/mol. The molecule has 2 amide bonds. The van der Waals surface area contributed by atoms with Crippen LogP contribution in [0.25, 0.3) is 0 Å². The zero-order chi connectivity index (χ0) is 14.5. The highest BCUT2D eigenvalue weighted by Gasteiger charge is 2.06. The maximum atomic E-state index is 13.3. The van der Waals surface area contributed by atoms with Crippen molar-refractivity contribution >= 4 is 29.0 Å². The van der Waals surface area contributed by atoms with Crippen molar-refractivity contribution in [1.29, 1.82) is 0 Å². The van der Waals surface area contributed by atoms with Crippen LogP contribution in [-0.2, 0) is 0 Å². The van der Waals surface area contributed by atoms with E-state index in [-0.39, 0.29) is 0 Å². The second-order valence-electron chi connectivity index (χ2n) is 3.97. The quantitative estimate of drug-likeness (QED) is 0.894. The fourth-order valence-electron chi connectivity index (χ4n) is 1.61. The average Bonchev–Trinajstić information content (AvgIpc) is 2.37. The number of carbonyl (C=O) groups excluding carboxylic acids is 1. The van der Waals surface area contributed by atoms with Crippen LogP contribution < -0.4 is 15.4 Å². The maximum absolute atomic E-state index is 13.3. The van der Waals surface area contributed by atoms with Crippen molar-refractivity contribution in [3.63, 3.8) is 0 Å². The minimum Gasteiger partial charge on any atom is -0.497 e. The molecule has 2 N–H and O–H groups in total. The lowest BCUT2D eigenvalue weighted by molar-refractivity contribution is 0.262. The van der Waals surface area contributed by atoms with Crippen LogP contribution in [-0.4, -0.2) is 13.1 Å². The molecule has 0 aliphatic rings. The summed E-state index contributed by atoms with van der Waals surface area (Å²) in [4.78, 5) is 11.8. The number of methoxy groups -OCH3 is 1. The van der Waals surface area contributed by atoms with Crippen molar-refractivity contribution in [2.75, 3.05) is 17.7 Å². The molecule has 0 saturated heterocycles. The number of hydrogen-bond acceptors (Lipinski definition) is 2. The molecule has 6 heteroatoms. The third kappa shape index (κ3) is 3.86.